The van der Waals surface area contributed by atoms with Gasteiger partial charge in [-0.3, -0.25) is 4.79 Å². The van der Waals surface area contributed by atoms with Gasteiger partial charge in [-0.25, -0.2) is 0 Å². The van der Waals surface area contributed by atoms with Crippen LogP contribution >= 0.6 is 0 Å². The Morgan fingerprint density at radius 3 is 2.72 bits per heavy atom. The van der Waals surface area contributed by atoms with Gasteiger partial charge in [-0.05, 0) is 25.3 Å². The zero-order valence-electron chi connectivity index (χ0n) is 10.4. The van der Waals surface area contributed by atoms with Gasteiger partial charge in [0.05, 0.1) is 11.7 Å². The number of hydrogen-bond acceptors (Lipinski definition) is 2. The van der Waals surface area contributed by atoms with Crippen LogP contribution in [-0.2, 0) is 10.2 Å². The fraction of sp³-hybridized carbons (Fsp3) is 0.400. The summed E-state index contributed by atoms with van der Waals surface area (Å²) in [5.74, 6) is -0.718. The van der Waals surface area contributed by atoms with E-state index in [1.54, 1.807) is 6.26 Å². The van der Waals surface area contributed by atoms with Crippen LogP contribution in [0, 0.1) is 6.92 Å². The Hall–Kier alpha value is -1.77. The summed E-state index contributed by atoms with van der Waals surface area (Å²) < 4.78 is 5.60. The predicted molar refractivity (Wildman–Crippen MR) is 68.7 cm³/mol. The minimum atomic E-state index is -0.737. The molecule has 1 N–H and O–H groups in total. The molecule has 0 radical (unpaired) electrons. The highest BCUT2D eigenvalue weighted by Gasteiger charge is 2.44. The third-order valence-electron chi connectivity index (χ3n) is 4.18. The Bertz CT molecular complexity index is 603. The lowest BCUT2D eigenvalue weighted by atomic mass is 9.79. The van der Waals surface area contributed by atoms with Crippen molar-refractivity contribution in [2.45, 2.75) is 38.0 Å². The molecule has 0 spiro atoms. The molecule has 94 valence electrons. The quantitative estimate of drug-likeness (QED) is 0.877. The Morgan fingerprint density at radius 2 is 2.06 bits per heavy atom. The van der Waals surface area contributed by atoms with E-state index in [2.05, 4.69) is 0 Å². The summed E-state index contributed by atoms with van der Waals surface area (Å²) in [5.41, 5.74) is 1.99. The molecule has 3 heteroatoms. The fourth-order valence-electron chi connectivity index (χ4n) is 3.15. The molecule has 0 unspecified atom stereocenters. The van der Waals surface area contributed by atoms with Crippen molar-refractivity contribution in [1.82, 2.24) is 0 Å². The van der Waals surface area contributed by atoms with Crippen LogP contribution in [-0.4, -0.2) is 11.1 Å². The van der Waals surface area contributed by atoms with E-state index in [1.807, 2.05) is 25.1 Å². The summed E-state index contributed by atoms with van der Waals surface area (Å²) in [6, 6.07) is 5.91. The molecule has 1 saturated carbocycles. The number of carbonyl (C=O) groups is 1. The topological polar surface area (TPSA) is 50.4 Å². The van der Waals surface area contributed by atoms with Crippen LogP contribution in [0.1, 0.15) is 36.8 Å². The maximum atomic E-state index is 11.7. The summed E-state index contributed by atoms with van der Waals surface area (Å²) in [7, 11) is 0. The van der Waals surface area contributed by atoms with Crippen molar-refractivity contribution in [2.24, 2.45) is 0 Å². The van der Waals surface area contributed by atoms with Gasteiger partial charge in [0, 0.05) is 10.9 Å². The molecule has 1 aliphatic rings. The molecule has 1 aromatic carbocycles. The molecule has 0 amide bonds. The number of fused-ring (bicyclic) bond motifs is 1. The number of benzene rings is 1. The molecule has 0 bridgehead atoms. The third kappa shape index (κ3) is 1.40. The molecule has 0 saturated heterocycles. The molecular weight excluding hydrogens is 228 g/mol. The molecule has 1 aromatic heterocycles. The smallest absolute Gasteiger partial charge is 0.314 e. The largest absolute Gasteiger partial charge is 0.481 e. The third-order valence-corrected chi connectivity index (χ3v) is 4.18. The Morgan fingerprint density at radius 1 is 1.33 bits per heavy atom. The van der Waals surface area contributed by atoms with Crippen LogP contribution < -0.4 is 0 Å². The van der Waals surface area contributed by atoms with Gasteiger partial charge >= 0.3 is 5.97 Å². The van der Waals surface area contributed by atoms with Crippen molar-refractivity contribution in [3.63, 3.8) is 0 Å². The highest BCUT2D eigenvalue weighted by molar-refractivity contribution is 5.92. The molecular formula is C15H16O3. The zero-order valence-corrected chi connectivity index (χ0v) is 10.4. The maximum absolute atomic E-state index is 11.7. The first kappa shape index (κ1) is 11.3. The zero-order chi connectivity index (χ0) is 12.8. The first-order valence-corrected chi connectivity index (χ1v) is 6.36. The average molecular weight is 244 g/mol. The lowest BCUT2D eigenvalue weighted by molar-refractivity contribution is -0.143. The number of aryl methyl sites for hydroxylation is 1. The summed E-state index contributed by atoms with van der Waals surface area (Å²) in [6.45, 7) is 1.98. The molecule has 1 heterocycles. The standard InChI is InChI=1S/C15H16O3/c1-10-5-4-6-11-12(9-18-13(10)11)15(14(16)17)7-2-3-8-15/h4-6,9H,2-3,7-8H2,1H3,(H,16,17). The predicted octanol–water partition coefficient (Wildman–Crippen LogP) is 3.64. The second kappa shape index (κ2) is 3.87. The lowest BCUT2D eigenvalue weighted by Gasteiger charge is -2.22. The monoisotopic (exact) mass is 244 g/mol. The fourth-order valence-corrected chi connectivity index (χ4v) is 3.15. The van der Waals surface area contributed by atoms with Crippen LogP contribution in [0.3, 0.4) is 0 Å². The van der Waals surface area contributed by atoms with Gasteiger partial charge in [0.25, 0.3) is 0 Å². The Balaban J connectivity index is 2.25. The van der Waals surface area contributed by atoms with E-state index in [-0.39, 0.29) is 0 Å². The average Bonchev–Trinajstić information content (AvgIpc) is 2.95. The van der Waals surface area contributed by atoms with Crippen molar-refractivity contribution in [2.75, 3.05) is 0 Å². The number of hydrogen-bond donors (Lipinski definition) is 1. The Kier molecular flexibility index (Phi) is 2.44. The van der Waals surface area contributed by atoms with E-state index in [1.165, 1.54) is 0 Å². The highest BCUT2D eigenvalue weighted by Crippen LogP contribution is 2.45. The number of rotatable bonds is 2. The molecule has 0 aliphatic heterocycles. The minimum Gasteiger partial charge on any atom is -0.481 e. The van der Waals surface area contributed by atoms with Crippen LogP contribution in [0.25, 0.3) is 11.0 Å². The summed E-state index contributed by atoms with van der Waals surface area (Å²) in [6.07, 6.45) is 5.03. The summed E-state index contributed by atoms with van der Waals surface area (Å²) in [4.78, 5) is 11.7. The van der Waals surface area contributed by atoms with Gasteiger partial charge in [-0.15, -0.1) is 0 Å². The van der Waals surface area contributed by atoms with E-state index >= 15 is 0 Å². The van der Waals surface area contributed by atoms with E-state index in [0.717, 1.165) is 34.9 Å². The minimum absolute atomic E-state index is 0.713. The number of furan rings is 1. The van der Waals surface area contributed by atoms with Gasteiger partial charge < -0.3 is 9.52 Å². The van der Waals surface area contributed by atoms with Gasteiger partial charge in [-0.1, -0.05) is 31.0 Å². The normalized spacial score (nSPS) is 18.3. The van der Waals surface area contributed by atoms with Crippen molar-refractivity contribution < 1.29 is 14.3 Å². The van der Waals surface area contributed by atoms with E-state index in [0.29, 0.717) is 12.8 Å². The molecule has 2 aromatic rings. The SMILES string of the molecule is Cc1cccc2c(C3(C(=O)O)CCCC3)coc12. The molecule has 1 aliphatic carbocycles. The molecule has 3 rings (SSSR count). The number of carboxylic acid groups (broad SMARTS) is 1. The van der Waals surface area contributed by atoms with E-state index in [9.17, 15) is 9.90 Å². The van der Waals surface area contributed by atoms with Crippen LogP contribution in [0.15, 0.2) is 28.9 Å². The number of aliphatic carboxylic acids is 1. The second-order valence-corrected chi connectivity index (χ2v) is 5.20. The van der Waals surface area contributed by atoms with Crippen molar-refractivity contribution in [3.05, 3.63) is 35.6 Å². The second-order valence-electron chi connectivity index (χ2n) is 5.20. The van der Waals surface area contributed by atoms with Crippen LogP contribution in [0.4, 0.5) is 0 Å². The van der Waals surface area contributed by atoms with E-state index < -0.39 is 11.4 Å². The molecule has 3 nitrogen and oxygen atoms in total. The van der Waals surface area contributed by atoms with Crippen LogP contribution in [0.2, 0.25) is 0 Å². The molecule has 18 heavy (non-hydrogen) atoms. The van der Waals surface area contributed by atoms with Gasteiger partial charge in [0.2, 0.25) is 0 Å². The van der Waals surface area contributed by atoms with E-state index in [4.69, 9.17) is 4.42 Å². The molecule has 0 atom stereocenters. The van der Waals surface area contributed by atoms with Crippen molar-refractivity contribution in [3.8, 4) is 0 Å². The van der Waals surface area contributed by atoms with Gasteiger partial charge in [-0.2, -0.15) is 0 Å². The summed E-state index contributed by atoms with van der Waals surface area (Å²) in [5, 5.41) is 10.6. The molecule has 1 fully saturated rings. The number of para-hydroxylation sites is 1. The van der Waals surface area contributed by atoms with Gasteiger partial charge in [0.1, 0.15) is 5.58 Å². The van der Waals surface area contributed by atoms with Crippen molar-refractivity contribution >= 4 is 16.9 Å². The Labute approximate surface area is 105 Å². The highest BCUT2D eigenvalue weighted by atomic mass is 16.4. The first-order valence-electron chi connectivity index (χ1n) is 6.36. The van der Waals surface area contributed by atoms with Crippen molar-refractivity contribution in [1.29, 1.82) is 0 Å². The lowest BCUT2D eigenvalue weighted by Crippen LogP contribution is -2.32. The summed E-state index contributed by atoms with van der Waals surface area (Å²) >= 11 is 0. The van der Waals surface area contributed by atoms with Crippen LogP contribution in [0.5, 0.6) is 0 Å². The van der Waals surface area contributed by atoms with Gasteiger partial charge in [0.15, 0.2) is 0 Å². The number of carboxylic acids is 1. The first-order chi connectivity index (χ1) is 8.65. The maximum Gasteiger partial charge on any atom is 0.314 e.